The largest absolute Gasteiger partial charge is 0.378 e. The molecule has 1 saturated heterocycles. The highest BCUT2D eigenvalue weighted by Gasteiger charge is 2.38. The van der Waals surface area contributed by atoms with Gasteiger partial charge in [-0.25, -0.2) is 8.42 Å². The van der Waals surface area contributed by atoms with Gasteiger partial charge in [0.05, 0.1) is 19.3 Å². The highest BCUT2D eigenvalue weighted by Crippen LogP contribution is 2.19. The lowest BCUT2D eigenvalue weighted by Gasteiger charge is -2.32. The van der Waals surface area contributed by atoms with Crippen LogP contribution in [0.3, 0.4) is 0 Å². The standard InChI is InChI=1S/C6H10BrF2NO3S/c7-3-5-4-13-2-1-10(5)14(11,12)6(8)9/h5-6H,1-4H2. The minimum atomic E-state index is -4.47. The van der Waals surface area contributed by atoms with E-state index in [1.54, 1.807) is 0 Å². The van der Waals surface area contributed by atoms with Gasteiger partial charge in [-0.3, -0.25) is 0 Å². The van der Waals surface area contributed by atoms with Gasteiger partial charge in [-0.1, -0.05) is 15.9 Å². The van der Waals surface area contributed by atoms with Crippen molar-refractivity contribution in [1.82, 2.24) is 4.31 Å². The first-order valence-corrected chi connectivity index (χ1v) is 6.55. The monoisotopic (exact) mass is 293 g/mol. The highest BCUT2D eigenvalue weighted by atomic mass is 79.9. The molecule has 1 atom stereocenters. The Morgan fingerprint density at radius 1 is 1.57 bits per heavy atom. The maximum Gasteiger partial charge on any atom is 0.350 e. The van der Waals surface area contributed by atoms with Crippen molar-refractivity contribution in [3.8, 4) is 0 Å². The molecule has 1 unspecified atom stereocenters. The van der Waals surface area contributed by atoms with Crippen molar-refractivity contribution >= 4 is 26.0 Å². The van der Waals surface area contributed by atoms with Crippen LogP contribution in [0.15, 0.2) is 0 Å². The summed E-state index contributed by atoms with van der Waals surface area (Å²) in [6.45, 7) is 0.301. The first-order valence-electron chi connectivity index (χ1n) is 3.92. The topological polar surface area (TPSA) is 46.6 Å². The van der Waals surface area contributed by atoms with E-state index in [4.69, 9.17) is 4.74 Å². The summed E-state index contributed by atoms with van der Waals surface area (Å²) in [7, 11) is -4.47. The fraction of sp³-hybridized carbons (Fsp3) is 1.00. The fourth-order valence-corrected chi connectivity index (χ4v) is 3.01. The van der Waals surface area contributed by atoms with Crippen LogP contribution in [-0.2, 0) is 14.8 Å². The lowest BCUT2D eigenvalue weighted by molar-refractivity contribution is 0.0378. The van der Waals surface area contributed by atoms with Gasteiger partial charge in [0, 0.05) is 11.9 Å². The minimum Gasteiger partial charge on any atom is -0.378 e. The molecule has 1 rings (SSSR count). The van der Waals surface area contributed by atoms with Gasteiger partial charge in [0.2, 0.25) is 0 Å². The molecule has 0 aliphatic carbocycles. The average Bonchev–Trinajstić information content (AvgIpc) is 2.17. The van der Waals surface area contributed by atoms with E-state index >= 15 is 0 Å². The Kier molecular flexibility index (Phi) is 4.23. The van der Waals surface area contributed by atoms with Crippen LogP contribution in [0, 0.1) is 0 Å². The smallest absolute Gasteiger partial charge is 0.350 e. The average molecular weight is 294 g/mol. The maximum absolute atomic E-state index is 12.2. The molecule has 0 saturated carbocycles. The zero-order valence-electron chi connectivity index (χ0n) is 7.20. The molecule has 0 bridgehead atoms. The molecular formula is C6H10BrF2NO3S. The number of halogens is 3. The lowest BCUT2D eigenvalue weighted by atomic mass is 10.3. The Bertz CT molecular complexity index is 285. The minimum absolute atomic E-state index is 0.0110. The predicted molar refractivity (Wildman–Crippen MR) is 50.0 cm³/mol. The Balaban J connectivity index is 2.83. The fourth-order valence-electron chi connectivity index (χ4n) is 1.20. The van der Waals surface area contributed by atoms with Gasteiger partial charge in [0.1, 0.15) is 0 Å². The molecule has 1 heterocycles. The second kappa shape index (κ2) is 4.82. The van der Waals surface area contributed by atoms with E-state index in [9.17, 15) is 17.2 Å². The molecule has 0 amide bonds. The van der Waals surface area contributed by atoms with Crippen LogP contribution >= 0.6 is 15.9 Å². The van der Waals surface area contributed by atoms with Crippen molar-refractivity contribution in [2.45, 2.75) is 11.8 Å². The van der Waals surface area contributed by atoms with Crippen molar-refractivity contribution in [2.24, 2.45) is 0 Å². The number of alkyl halides is 3. The Hall–Kier alpha value is 0.210. The molecule has 8 heteroatoms. The molecule has 14 heavy (non-hydrogen) atoms. The van der Waals surface area contributed by atoms with Gasteiger partial charge in [0.25, 0.3) is 10.0 Å². The number of sulfonamides is 1. The van der Waals surface area contributed by atoms with Crippen LogP contribution in [-0.4, -0.2) is 49.6 Å². The van der Waals surface area contributed by atoms with Crippen LogP contribution in [0.1, 0.15) is 0 Å². The van der Waals surface area contributed by atoms with E-state index in [1.807, 2.05) is 0 Å². The van der Waals surface area contributed by atoms with E-state index in [2.05, 4.69) is 15.9 Å². The first-order chi connectivity index (χ1) is 6.50. The maximum atomic E-state index is 12.2. The summed E-state index contributed by atoms with van der Waals surface area (Å²) < 4.78 is 52.5. The van der Waals surface area contributed by atoms with E-state index in [0.29, 0.717) is 5.33 Å². The summed E-state index contributed by atoms with van der Waals surface area (Å²) in [6.07, 6.45) is 0. The lowest BCUT2D eigenvalue weighted by Crippen LogP contribution is -2.51. The Labute approximate surface area is 89.4 Å². The first kappa shape index (κ1) is 12.3. The van der Waals surface area contributed by atoms with Crippen LogP contribution in [0.2, 0.25) is 0 Å². The number of hydrogen-bond acceptors (Lipinski definition) is 3. The summed E-state index contributed by atoms with van der Waals surface area (Å²) in [5, 5.41) is 0.291. The van der Waals surface area contributed by atoms with Gasteiger partial charge in [0.15, 0.2) is 0 Å². The molecule has 84 valence electrons. The third-order valence-corrected chi connectivity index (χ3v) is 4.24. The molecule has 0 N–H and O–H groups in total. The SMILES string of the molecule is O=S(=O)(C(F)F)N1CCOCC1CBr. The zero-order valence-corrected chi connectivity index (χ0v) is 9.60. The number of rotatable bonds is 3. The number of hydrogen-bond donors (Lipinski definition) is 0. The summed E-state index contributed by atoms with van der Waals surface area (Å²) in [4.78, 5) is 0. The molecule has 0 aromatic carbocycles. The molecule has 0 aromatic rings. The zero-order chi connectivity index (χ0) is 10.8. The van der Waals surface area contributed by atoms with Crippen LogP contribution in [0.25, 0.3) is 0 Å². The predicted octanol–water partition coefficient (Wildman–Crippen LogP) is 0.634. The van der Waals surface area contributed by atoms with E-state index < -0.39 is 21.8 Å². The van der Waals surface area contributed by atoms with Crippen LogP contribution in [0.5, 0.6) is 0 Å². The second-order valence-electron chi connectivity index (χ2n) is 2.80. The molecule has 1 aliphatic rings. The van der Waals surface area contributed by atoms with E-state index in [1.165, 1.54) is 0 Å². The van der Waals surface area contributed by atoms with Crippen molar-refractivity contribution in [3.63, 3.8) is 0 Å². The molecule has 1 fully saturated rings. The third-order valence-electron chi connectivity index (χ3n) is 1.90. The molecule has 0 aromatic heterocycles. The van der Waals surface area contributed by atoms with Crippen molar-refractivity contribution in [2.75, 3.05) is 25.1 Å². The normalized spacial score (nSPS) is 25.6. The van der Waals surface area contributed by atoms with Gasteiger partial charge in [-0.05, 0) is 0 Å². The number of morpholine rings is 1. The Morgan fingerprint density at radius 3 is 2.71 bits per heavy atom. The molecule has 0 spiro atoms. The van der Waals surface area contributed by atoms with Crippen molar-refractivity contribution < 1.29 is 21.9 Å². The van der Waals surface area contributed by atoms with Gasteiger partial charge >= 0.3 is 5.76 Å². The van der Waals surface area contributed by atoms with Crippen molar-refractivity contribution in [1.29, 1.82) is 0 Å². The number of nitrogens with zero attached hydrogens (tertiary/aromatic N) is 1. The second-order valence-corrected chi connectivity index (χ2v) is 5.30. The van der Waals surface area contributed by atoms with Crippen LogP contribution < -0.4 is 0 Å². The summed E-state index contributed by atoms with van der Waals surface area (Å²) in [5.41, 5.74) is 0. The molecule has 1 aliphatic heterocycles. The van der Waals surface area contributed by atoms with Crippen molar-refractivity contribution in [3.05, 3.63) is 0 Å². The molecule has 0 radical (unpaired) electrons. The molecule has 4 nitrogen and oxygen atoms in total. The van der Waals surface area contributed by atoms with E-state index in [-0.39, 0.29) is 19.8 Å². The highest BCUT2D eigenvalue weighted by molar-refractivity contribution is 9.09. The molecular weight excluding hydrogens is 284 g/mol. The van der Waals surface area contributed by atoms with Gasteiger partial charge in [-0.2, -0.15) is 13.1 Å². The van der Waals surface area contributed by atoms with E-state index in [0.717, 1.165) is 4.31 Å². The summed E-state index contributed by atoms with van der Waals surface area (Å²) in [6, 6.07) is -0.539. The summed E-state index contributed by atoms with van der Waals surface area (Å²) >= 11 is 3.06. The Morgan fingerprint density at radius 2 is 2.21 bits per heavy atom. The van der Waals surface area contributed by atoms with Gasteiger partial charge in [-0.15, -0.1) is 0 Å². The quantitative estimate of drug-likeness (QED) is 0.717. The number of ether oxygens (including phenoxy) is 1. The van der Waals surface area contributed by atoms with Gasteiger partial charge < -0.3 is 4.74 Å². The summed E-state index contributed by atoms with van der Waals surface area (Å²) in [5.74, 6) is -3.36. The van der Waals surface area contributed by atoms with Crippen LogP contribution in [0.4, 0.5) is 8.78 Å². The third kappa shape index (κ3) is 2.41.